The summed E-state index contributed by atoms with van der Waals surface area (Å²) in [7, 11) is 1.52. The van der Waals surface area contributed by atoms with Crippen molar-refractivity contribution >= 4 is 23.7 Å². The lowest BCUT2D eigenvalue weighted by Crippen LogP contribution is -2.18. The number of nitrogens with zero attached hydrogens (tertiary/aromatic N) is 2. The first-order chi connectivity index (χ1) is 16.0. The van der Waals surface area contributed by atoms with Gasteiger partial charge in [0.05, 0.1) is 25.0 Å². The smallest absolute Gasteiger partial charge is 0.271 e. The summed E-state index contributed by atoms with van der Waals surface area (Å²) in [6.07, 6.45) is 1.48. The number of nitriles is 1. The van der Waals surface area contributed by atoms with E-state index in [1.165, 1.54) is 20.2 Å². The molecule has 2 amide bonds. The summed E-state index contributed by atoms with van der Waals surface area (Å²) >= 11 is 0. The fourth-order valence-electron chi connectivity index (χ4n) is 2.97. The molecule has 0 saturated heterocycles. The number of benzene rings is 3. The quantitative estimate of drug-likeness (QED) is 0.406. The molecule has 0 aliphatic carbocycles. The number of carbonyl (C=O) groups excluding carboxylic acids is 2. The van der Waals surface area contributed by atoms with Gasteiger partial charge in [0.25, 0.3) is 5.91 Å². The lowest BCUT2D eigenvalue weighted by atomic mass is 10.1. The van der Waals surface area contributed by atoms with Gasteiger partial charge in [0, 0.05) is 23.7 Å². The second-order valence-corrected chi connectivity index (χ2v) is 6.93. The maximum Gasteiger partial charge on any atom is 0.271 e. The number of carbonyl (C=O) groups is 2. The van der Waals surface area contributed by atoms with E-state index in [0.717, 1.165) is 5.56 Å². The maximum atomic E-state index is 12.3. The van der Waals surface area contributed by atoms with Gasteiger partial charge in [-0.15, -0.1) is 0 Å². The van der Waals surface area contributed by atoms with E-state index >= 15 is 0 Å². The van der Waals surface area contributed by atoms with E-state index in [0.29, 0.717) is 33.9 Å². The molecule has 33 heavy (non-hydrogen) atoms. The fourth-order valence-corrected chi connectivity index (χ4v) is 2.97. The molecule has 0 atom stereocenters. The minimum atomic E-state index is -0.415. The Morgan fingerprint density at radius 1 is 1.06 bits per heavy atom. The number of ether oxygens (including phenoxy) is 2. The van der Waals surface area contributed by atoms with Gasteiger partial charge in [0.15, 0.2) is 11.5 Å². The van der Waals surface area contributed by atoms with Gasteiger partial charge in [-0.3, -0.25) is 9.59 Å². The normalized spacial score (nSPS) is 10.3. The van der Waals surface area contributed by atoms with Crippen LogP contribution in [0.1, 0.15) is 34.0 Å². The molecule has 0 saturated carbocycles. The lowest BCUT2D eigenvalue weighted by molar-refractivity contribution is -0.114. The van der Waals surface area contributed by atoms with Crippen LogP contribution in [-0.2, 0) is 11.4 Å². The van der Waals surface area contributed by atoms with Gasteiger partial charge in [-0.1, -0.05) is 24.3 Å². The summed E-state index contributed by atoms with van der Waals surface area (Å²) in [5.74, 6) is 0.367. The number of methoxy groups -OCH3 is 1. The number of amides is 2. The molecule has 0 unspecified atom stereocenters. The fraction of sp³-hybridized carbons (Fsp3) is 0.120. The van der Waals surface area contributed by atoms with Crippen molar-refractivity contribution in [3.05, 3.63) is 89.0 Å². The molecule has 2 N–H and O–H groups in total. The molecule has 0 fully saturated rings. The van der Waals surface area contributed by atoms with Crippen LogP contribution in [0.2, 0.25) is 0 Å². The molecule has 0 radical (unpaired) electrons. The Hall–Kier alpha value is -4.64. The van der Waals surface area contributed by atoms with Crippen molar-refractivity contribution in [2.75, 3.05) is 12.4 Å². The molecule has 0 spiro atoms. The minimum absolute atomic E-state index is 0.221. The van der Waals surface area contributed by atoms with Crippen LogP contribution in [0.4, 0.5) is 5.69 Å². The van der Waals surface area contributed by atoms with Crippen LogP contribution in [0.3, 0.4) is 0 Å². The Balaban J connectivity index is 1.64. The van der Waals surface area contributed by atoms with E-state index in [2.05, 4.69) is 21.9 Å². The number of rotatable bonds is 8. The van der Waals surface area contributed by atoms with Crippen LogP contribution in [0.15, 0.2) is 71.8 Å². The topological polar surface area (TPSA) is 113 Å². The molecule has 0 aromatic heterocycles. The largest absolute Gasteiger partial charge is 0.493 e. The van der Waals surface area contributed by atoms with Crippen molar-refractivity contribution < 1.29 is 19.1 Å². The predicted molar refractivity (Wildman–Crippen MR) is 124 cm³/mol. The highest BCUT2D eigenvalue weighted by Crippen LogP contribution is 2.28. The third-order valence-electron chi connectivity index (χ3n) is 4.53. The van der Waals surface area contributed by atoms with Crippen molar-refractivity contribution in [3.63, 3.8) is 0 Å². The molecule has 0 aliphatic heterocycles. The third kappa shape index (κ3) is 6.42. The molecular formula is C25H22N4O4. The zero-order chi connectivity index (χ0) is 23.6. The van der Waals surface area contributed by atoms with E-state index < -0.39 is 5.91 Å². The van der Waals surface area contributed by atoms with Gasteiger partial charge < -0.3 is 14.8 Å². The standard InChI is InChI=1S/C25H22N4O4/c1-17(30)28-22-9-5-8-19(13-22)25(31)29-27-15-18-10-11-23(24(12-18)32-2)33-16-21-7-4-3-6-20(21)14-26/h3-13,15H,16H2,1-2H3,(H,28,30)(H,29,31)/b27-15-. The number of hydrogen-bond acceptors (Lipinski definition) is 6. The van der Waals surface area contributed by atoms with Crippen LogP contribution in [0.5, 0.6) is 11.5 Å². The highest BCUT2D eigenvalue weighted by atomic mass is 16.5. The van der Waals surface area contributed by atoms with E-state index in [9.17, 15) is 14.9 Å². The van der Waals surface area contributed by atoms with Crippen molar-refractivity contribution in [1.82, 2.24) is 5.43 Å². The summed E-state index contributed by atoms with van der Waals surface area (Å²) in [5, 5.41) is 15.8. The van der Waals surface area contributed by atoms with Gasteiger partial charge in [0.2, 0.25) is 5.91 Å². The van der Waals surface area contributed by atoms with E-state index in [4.69, 9.17) is 9.47 Å². The summed E-state index contributed by atoms with van der Waals surface area (Å²) in [6.45, 7) is 1.62. The van der Waals surface area contributed by atoms with Gasteiger partial charge in [-0.25, -0.2) is 5.43 Å². The predicted octanol–water partition coefficient (Wildman–Crippen LogP) is 3.87. The second kappa shape index (κ2) is 11.1. The van der Waals surface area contributed by atoms with E-state index in [1.54, 1.807) is 54.6 Å². The average Bonchev–Trinajstić information content (AvgIpc) is 2.82. The van der Waals surface area contributed by atoms with Crippen molar-refractivity contribution in [2.45, 2.75) is 13.5 Å². The molecule has 8 nitrogen and oxygen atoms in total. The summed E-state index contributed by atoms with van der Waals surface area (Å²) in [6, 6.07) is 21.1. The molecular weight excluding hydrogens is 420 g/mol. The maximum absolute atomic E-state index is 12.3. The van der Waals surface area contributed by atoms with Gasteiger partial charge in [-0.2, -0.15) is 10.4 Å². The zero-order valence-electron chi connectivity index (χ0n) is 18.2. The van der Waals surface area contributed by atoms with Crippen molar-refractivity contribution in [1.29, 1.82) is 5.26 Å². The van der Waals surface area contributed by atoms with Gasteiger partial charge in [-0.05, 0) is 48.0 Å². The Labute approximate surface area is 191 Å². The van der Waals surface area contributed by atoms with E-state index in [1.807, 2.05) is 12.1 Å². The van der Waals surface area contributed by atoms with Crippen molar-refractivity contribution in [3.8, 4) is 17.6 Å². The summed E-state index contributed by atoms with van der Waals surface area (Å²) < 4.78 is 11.2. The Morgan fingerprint density at radius 2 is 1.88 bits per heavy atom. The highest BCUT2D eigenvalue weighted by Gasteiger charge is 2.09. The SMILES string of the molecule is COc1cc(/C=N\NC(=O)c2cccc(NC(C)=O)c2)ccc1OCc1ccccc1C#N. The Bertz CT molecular complexity index is 1230. The number of hydrogen-bond donors (Lipinski definition) is 2. The molecule has 0 aliphatic rings. The molecule has 0 heterocycles. The molecule has 3 rings (SSSR count). The van der Waals surface area contributed by atoms with E-state index in [-0.39, 0.29) is 12.5 Å². The van der Waals surface area contributed by atoms with Gasteiger partial charge >= 0.3 is 0 Å². The van der Waals surface area contributed by atoms with Crippen LogP contribution in [0.25, 0.3) is 0 Å². The molecule has 3 aromatic carbocycles. The van der Waals surface area contributed by atoms with Gasteiger partial charge in [0.1, 0.15) is 6.61 Å². The first kappa shape index (κ1) is 23.0. The average molecular weight is 442 g/mol. The Kier molecular flexibility index (Phi) is 7.76. The monoisotopic (exact) mass is 442 g/mol. The Morgan fingerprint density at radius 3 is 2.64 bits per heavy atom. The molecule has 0 bridgehead atoms. The van der Waals surface area contributed by atoms with Crippen LogP contribution >= 0.6 is 0 Å². The number of anilines is 1. The van der Waals surface area contributed by atoms with Crippen LogP contribution in [-0.4, -0.2) is 25.1 Å². The second-order valence-electron chi connectivity index (χ2n) is 6.93. The first-order valence-electron chi connectivity index (χ1n) is 10.00. The van der Waals surface area contributed by atoms with Crippen LogP contribution < -0.4 is 20.2 Å². The molecule has 8 heteroatoms. The first-order valence-corrected chi connectivity index (χ1v) is 10.00. The highest BCUT2D eigenvalue weighted by molar-refractivity contribution is 5.97. The van der Waals surface area contributed by atoms with Crippen molar-refractivity contribution in [2.24, 2.45) is 5.10 Å². The minimum Gasteiger partial charge on any atom is -0.493 e. The lowest BCUT2D eigenvalue weighted by Gasteiger charge is -2.12. The third-order valence-corrected chi connectivity index (χ3v) is 4.53. The summed E-state index contributed by atoms with van der Waals surface area (Å²) in [5.41, 5.74) is 5.35. The summed E-state index contributed by atoms with van der Waals surface area (Å²) in [4.78, 5) is 23.5. The number of nitrogens with one attached hydrogen (secondary N) is 2. The number of hydrazone groups is 1. The molecule has 3 aromatic rings. The zero-order valence-corrected chi connectivity index (χ0v) is 18.2. The molecule has 166 valence electrons. The van der Waals surface area contributed by atoms with Crippen LogP contribution in [0, 0.1) is 11.3 Å².